The first kappa shape index (κ1) is 7.54. The van der Waals surface area contributed by atoms with Crippen molar-refractivity contribution in [1.82, 2.24) is 0 Å². The average molecular weight is 122 g/mol. The summed E-state index contributed by atoms with van der Waals surface area (Å²) in [6.07, 6.45) is 2.82. The van der Waals surface area contributed by atoms with Gasteiger partial charge in [0.05, 0.1) is 12.1 Å². The lowest BCUT2D eigenvalue weighted by Crippen LogP contribution is -1.86. The molecule has 46 valence electrons. The molecule has 0 aromatic carbocycles. The zero-order valence-corrected chi connectivity index (χ0v) is 5.02. The van der Waals surface area contributed by atoms with Crippen molar-refractivity contribution in [3.8, 4) is 6.07 Å². The number of allylic oxidation sites excluding steroid dienone is 1. The van der Waals surface area contributed by atoms with Crippen molar-refractivity contribution >= 4 is 0 Å². The van der Waals surface area contributed by atoms with Crippen LogP contribution in [-0.4, -0.2) is 6.04 Å². The lowest BCUT2D eigenvalue weighted by Gasteiger charge is -1.87. The Morgan fingerprint density at radius 3 is 3.00 bits per heavy atom. The molecule has 0 aliphatic heterocycles. The van der Waals surface area contributed by atoms with Crippen molar-refractivity contribution < 1.29 is 0 Å². The predicted octanol–water partition coefficient (Wildman–Crippen LogP) is 1.76. The van der Waals surface area contributed by atoms with Crippen LogP contribution in [0.25, 0.3) is 10.4 Å². The zero-order chi connectivity index (χ0) is 7.11. The fourth-order valence-electron chi connectivity index (χ4n) is 0.302. The first-order chi connectivity index (χ1) is 4.31. The second-order valence-electron chi connectivity index (χ2n) is 1.43. The minimum atomic E-state index is -0.227. The topological polar surface area (TPSA) is 72.5 Å². The molecule has 0 radical (unpaired) electrons. The van der Waals surface area contributed by atoms with Gasteiger partial charge in [0.2, 0.25) is 0 Å². The van der Waals surface area contributed by atoms with Crippen LogP contribution in [0.4, 0.5) is 0 Å². The van der Waals surface area contributed by atoms with Gasteiger partial charge in [0.15, 0.2) is 0 Å². The van der Waals surface area contributed by atoms with Gasteiger partial charge < -0.3 is 0 Å². The molecule has 0 aliphatic carbocycles. The third-order valence-electron chi connectivity index (χ3n) is 0.683. The predicted molar refractivity (Wildman–Crippen MR) is 33.4 cm³/mol. The van der Waals surface area contributed by atoms with Crippen molar-refractivity contribution in [2.75, 3.05) is 0 Å². The maximum Gasteiger partial charge on any atom is 0.0908 e. The summed E-state index contributed by atoms with van der Waals surface area (Å²) in [7, 11) is 0. The van der Waals surface area contributed by atoms with E-state index >= 15 is 0 Å². The Kier molecular flexibility index (Phi) is 3.93. The second kappa shape index (κ2) is 4.69. The lowest BCUT2D eigenvalue weighted by atomic mass is 10.3. The summed E-state index contributed by atoms with van der Waals surface area (Å²) >= 11 is 0. The molecule has 4 heteroatoms. The molecule has 0 rings (SSSR count). The molecule has 0 bridgehead atoms. The van der Waals surface area contributed by atoms with E-state index in [0.29, 0.717) is 0 Å². The third-order valence-corrected chi connectivity index (χ3v) is 0.683. The quantitative estimate of drug-likeness (QED) is 0.238. The molecule has 0 aliphatic rings. The van der Waals surface area contributed by atoms with Gasteiger partial charge in [-0.2, -0.15) is 5.26 Å². The Hall–Kier alpha value is -1.46. The number of nitrogens with zero attached hydrogens (tertiary/aromatic N) is 4. The van der Waals surface area contributed by atoms with Gasteiger partial charge in [0.1, 0.15) is 0 Å². The summed E-state index contributed by atoms with van der Waals surface area (Å²) in [5, 5.41) is 11.3. The van der Waals surface area contributed by atoms with Gasteiger partial charge >= 0.3 is 0 Å². The van der Waals surface area contributed by atoms with E-state index in [1.807, 2.05) is 0 Å². The van der Waals surface area contributed by atoms with Crippen LogP contribution >= 0.6 is 0 Å². The van der Waals surface area contributed by atoms with E-state index in [1.54, 1.807) is 13.0 Å². The van der Waals surface area contributed by atoms with E-state index in [1.165, 1.54) is 12.2 Å². The van der Waals surface area contributed by atoms with E-state index in [0.717, 1.165) is 0 Å². The van der Waals surface area contributed by atoms with Crippen LogP contribution in [0, 0.1) is 11.3 Å². The Labute approximate surface area is 53.0 Å². The first-order valence-electron chi connectivity index (χ1n) is 2.41. The van der Waals surface area contributed by atoms with E-state index in [2.05, 4.69) is 10.0 Å². The van der Waals surface area contributed by atoms with Crippen LogP contribution in [0.3, 0.4) is 0 Å². The first-order valence-corrected chi connectivity index (χ1v) is 2.41. The Bertz CT molecular complexity index is 182. The summed E-state index contributed by atoms with van der Waals surface area (Å²) in [6.45, 7) is 1.70. The highest BCUT2D eigenvalue weighted by atomic mass is 15.1. The number of nitriles is 1. The summed E-state index contributed by atoms with van der Waals surface area (Å²) in [6, 6.07) is 1.57. The maximum atomic E-state index is 8.01. The molecule has 0 unspecified atom stereocenters. The van der Waals surface area contributed by atoms with Crippen molar-refractivity contribution in [2.45, 2.75) is 13.0 Å². The fourth-order valence-corrected chi connectivity index (χ4v) is 0.302. The largest absolute Gasteiger partial charge is 0.193 e. The Morgan fingerprint density at radius 2 is 2.56 bits per heavy atom. The monoisotopic (exact) mass is 122 g/mol. The van der Waals surface area contributed by atoms with E-state index < -0.39 is 0 Å². The van der Waals surface area contributed by atoms with E-state index in [-0.39, 0.29) is 6.04 Å². The molecule has 0 heterocycles. The van der Waals surface area contributed by atoms with E-state index in [4.69, 9.17) is 10.8 Å². The van der Waals surface area contributed by atoms with Gasteiger partial charge in [0.25, 0.3) is 0 Å². The summed E-state index contributed by atoms with van der Waals surface area (Å²) < 4.78 is 0. The lowest BCUT2D eigenvalue weighted by molar-refractivity contribution is 0.911. The van der Waals surface area contributed by atoms with Crippen molar-refractivity contribution in [3.63, 3.8) is 0 Å². The van der Waals surface area contributed by atoms with Crippen molar-refractivity contribution in [3.05, 3.63) is 22.6 Å². The van der Waals surface area contributed by atoms with Gasteiger partial charge in [-0.3, -0.25) is 0 Å². The maximum absolute atomic E-state index is 8.01. The molecule has 1 atom stereocenters. The van der Waals surface area contributed by atoms with Crippen LogP contribution in [0.5, 0.6) is 0 Å². The second-order valence-corrected chi connectivity index (χ2v) is 1.43. The van der Waals surface area contributed by atoms with Gasteiger partial charge in [-0.25, -0.2) is 0 Å². The van der Waals surface area contributed by atoms with Crippen LogP contribution in [0.2, 0.25) is 0 Å². The molecule has 0 aromatic rings. The Balaban J connectivity index is 3.79. The SMILES string of the molecule is C[C@H](/C=C\C#N)N=[N+]=[N-]. The third kappa shape index (κ3) is 4.39. The number of hydrogen-bond donors (Lipinski definition) is 0. The van der Waals surface area contributed by atoms with Crippen LogP contribution in [0.15, 0.2) is 17.3 Å². The fraction of sp³-hybridized carbons (Fsp3) is 0.400. The Morgan fingerprint density at radius 1 is 1.89 bits per heavy atom. The highest BCUT2D eigenvalue weighted by molar-refractivity contribution is 5.05. The van der Waals surface area contributed by atoms with Gasteiger partial charge in [-0.1, -0.05) is 18.1 Å². The van der Waals surface area contributed by atoms with Crippen molar-refractivity contribution in [2.24, 2.45) is 5.11 Å². The number of rotatable bonds is 2. The van der Waals surface area contributed by atoms with Crippen LogP contribution in [0.1, 0.15) is 6.92 Å². The molecule has 0 saturated heterocycles. The molecule has 0 saturated carbocycles. The zero-order valence-electron chi connectivity index (χ0n) is 5.02. The van der Waals surface area contributed by atoms with Crippen molar-refractivity contribution in [1.29, 1.82) is 5.26 Å². The van der Waals surface area contributed by atoms with E-state index in [9.17, 15) is 0 Å². The molecule has 9 heavy (non-hydrogen) atoms. The van der Waals surface area contributed by atoms with Gasteiger partial charge in [0, 0.05) is 11.0 Å². The summed E-state index contributed by atoms with van der Waals surface area (Å²) in [5.74, 6) is 0. The van der Waals surface area contributed by atoms with Gasteiger partial charge in [-0.15, -0.1) is 0 Å². The standard InChI is InChI=1S/C5H6N4/c1-5(8-9-7)3-2-4-6/h2-3,5H,1H3/b3-2-/t5-/m1/s1. The molecule has 0 N–H and O–H groups in total. The normalized spacial score (nSPS) is 12.0. The minimum absolute atomic E-state index is 0.227. The molecule has 0 fully saturated rings. The molecule has 4 nitrogen and oxygen atoms in total. The summed E-state index contributed by atoms with van der Waals surface area (Å²) in [4.78, 5) is 2.55. The molecule has 0 aromatic heterocycles. The molecule has 0 amide bonds. The smallest absolute Gasteiger partial charge is 0.0908 e. The minimum Gasteiger partial charge on any atom is -0.193 e. The molecular weight excluding hydrogens is 116 g/mol. The highest BCUT2D eigenvalue weighted by Gasteiger charge is 1.86. The van der Waals surface area contributed by atoms with Gasteiger partial charge in [-0.05, 0) is 5.53 Å². The van der Waals surface area contributed by atoms with Crippen LogP contribution in [-0.2, 0) is 0 Å². The molecular formula is C5H6N4. The molecule has 0 spiro atoms. The highest BCUT2D eigenvalue weighted by Crippen LogP contribution is 1.90. The van der Waals surface area contributed by atoms with Crippen LogP contribution < -0.4 is 0 Å². The average Bonchev–Trinajstić information content (AvgIpc) is 1.85. The number of azide groups is 1. The summed E-state index contributed by atoms with van der Waals surface area (Å²) in [5.41, 5.74) is 7.88. The number of hydrogen-bond acceptors (Lipinski definition) is 2.